The van der Waals surface area contributed by atoms with Crippen LogP contribution in [0.5, 0.6) is 17.2 Å². The molecule has 2 aromatic heterocycles. The van der Waals surface area contributed by atoms with Crippen LogP contribution in [0.1, 0.15) is 34.1 Å². The van der Waals surface area contributed by atoms with Crippen molar-refractivity contribution in [1.29, 1.82) is 0 Å². The Hall–Kier alpha value is -5.35. The lowest BCUT2D eigenvalue weighted by molar-refractivity contribution is -0.136. The average molecular weight is 626 g/mol. The monoisotopic (exact) mass is 625 g/mol. The second kappa shape index (κ2) is 12.7. The first kappa shape index (κ1) is 29.7. The van der Waals surface area contributed by atoms with Crippen molar-refractivity contribution in [2.45, 2.75) is 12.5 Å². The number of halogens is 1. The summed E-state index contributed by atoms with van der Waals surface area (Å²) in [6, 6.07) is 22.6. The predicted octanol–water partition coefficient (Wildman–Crippen LogP) is 6.71. The third kappa shape index (κ3) is 5.92. The predicted molar refractivity (Wildman–Crippen MR) is 168 cm³/mol. The zero-order chi connectivity index (χ0) is 31.5. The largest absolute Gasteiger partial charge is 0.493 e. The van der Waals surface area contributed by atoms with Crippen LogP contribution in [0.3, 0.4) is 0 Å². The number of hydrogen-bond donors (Lipinski definition) is 0. The number of hydrazone groups is 1. The van der Waals surface area contributed by atoms with Crippen molar-refractivity contribution in [3.8, 4) is 28.5 Å². The molecule has 1 aliphatic heterocycles. The molecule has 1 unspecified atom stereocenters. The Morgan fingerprint density at radius 1 is 0.911 bits per heavy atom. The van der Waals surface area contributed by atoms with Gasteiger partial charge in [0, 0.05) is 22.4 Å². The number of benzene rings is 3. The number of carbonyl (C=O) groups excluding carboxylic acids is 2. The van der Waals surface area contributed by atoms with Crippen LogP contribution in [0.25, 0.3) is 22.2 Å². The number of hydrogen-bond acceptors (Lipinski definition) is 9. The van der Waals surface area contributed by atoms with E-state index >= 15 is 0 Å². The van der Waals surface area contributed by atoms with Crippen LogP contribution in [-0.2, 0) is 9.53 Å². The van der Waals surface area contributed by atoms with Crippen LogP contribution in [0.15, 0.2) is 94.6 Å². The number of methoxy groups -OCH3 is 3. The maximum Gasteiger partial charge on any atom is 0.339 e. The molecule has 0 saturated heterocycles. The number of aromatic nitrogens is 1. The van der Waals surface area contributed by atoms with E-state index in [0.29, 0.717) is 62.3 Å². The van der Waals surface area contributed by atoms with E-state index in [2.05, 4.69) is 5.10 Å². The molecule has 1 aliphatic rings. The lowest BCUT2D eigenvalue weighted by Gasteiger charge is -2.20. The third-order valence-corrected chi connectivity index (χ3v) is 7.69. The van der Waals surface area contributed by atoms with E-state index in [1.807, 2.05) is 18.2 Å². The summed E-state index contributed by atoms with van der Waals surface area (Å²) in [4.78, 5) is 31.8. The molecule has 3 aromatic carbocycles. The molecule has 0 N–H and O–H groups in total. The van der Waals surface area contributed by atoms with Crippen molar-refractivity contribution in [2.24, 2.45) is 5.10 Å². The molecule has 0 spiro atoms. The fraction of sp³-hybridized carbons (Fsp3) is 0.176. The smallest absolute Gasteiger partial charge is 0.339 e. The molecule has 11 heteroatoms. The van der Waals surface area contributed by atoms with Crippen molar-refractivity contribution >= 4 is 40.1 Å². The SMILES string of the molecule is COc1cc(-c2cc(C(=O)OCC(=O)N3N=C(c4ccc(Cl)cc4)CC3c3ccco3)c3ccccc3n2)cc(OC)c1OC. The quantitative estimate of drug-likeness (QED) is 0.166. The molecule has 0 radical (unpaired) electrons. The molecule has 228 valence electrons. The lowest BCUT2D eigenvalue weighted by atomic mass is 10.0. The Kier molecular flexibility index (Phi) is 8.39. The van der Waals surface area contributed by atoms with Gasteiger partial charge in [-0.25, -0.2) is 14.8 Å². The number of para-hydroxylation sites is 1. The molecule has 0 saturated carbocycles. The van der Waals surface area contributed by atoms with Gasteiger partial charge in [0.05, 0.1) is 50.1 Å². The van der Waals surface area contributed by atoms with Crippen molar-refractivity contribution in [1.82, 2.24) is 9.99 Å². The summed E-state index contributed by atoms with van der Waals surface area (Å²) < 4.78 is 27.7. The molecule has 1 atom stereocenters. The first-order valence-electron chi connectivity index (χ1n) is 14.0. The zero-order valence-corrected chi connectivity index (χ0v) is 25.4. The lowest BCUT2D eigenvalue weighted by Crippen LogP contribution is -2.31. The molecule has 0 fully saturated rings. The Labute approximate surface area is 263 Å². The van der Waals surface area contributed by atoms with Crippen LogP contribution in [0.4, 0.5) is 0 Å². The van der Waals surface area contributed by atoms with Crippen molar-refractivity contribution in [2.75, 3.05) is 27.9 Å². The summed E-state index contributed by atoms with van der Waals surface area (Å²) >= 11 is 6.06. The molecule has 10 nitrogen and oxygen atoms in total. The molecule has 45 heavy (non-hydrogen) atoms. The van der Waals surface area contributed by atoms with Gasteiger partial charge in [-0.1, -0.05) is 41.9 Å². The van der Waals surface area contributed by atoms with Gasteiger partial charge >= 0.3 is 5.97 Å². The number of nitrogens with zero attached hydrogens (tertiary/aromatic N) is 3. The van der Waals surface area contributed by atoms with Gasteiger partial charge in [-0.2, -0.15) is 5.10 Å². The van der Waals surface area contributed by atoms with E-state index in [0.717, 1.165) is 5.56 Å². The first-order valence-corrected chi connectivity index (χ1v) is 14.3. The normalized spacial score (nSPS) is 14.3. The number of pyridine rings is 1. The third-order valence-electron chi connectivity index (χ3n) is 7.44. The maximum atomic E-state index is 13.6. The summed E-state index contributed by atoms with van der Waals surface area (Å²) in [7, 11) is 4.56. The number of rotatable bonds is 9. The fourth-order valence-electron chi connectivity index (χ4n) is 5.25. The summed E-state index contributed by atoms with van der Waals surface area (Å²) in [5.74, 6) is 0.679. The minimum absolute atomic E-state index is 0.242. The molecule has 1 amide bonds. The first-order chi connectivity index (χ1) is 21.9. The number of amides is 1. The minimum atomic E-state index is -0.689. The molecule has 5 aromatic rings. The van der Waals surface area contributed by atoms with Crippen molar-refractivity contribution in [3.63, 3.8) is 0 Å². The van der Waals surface area contributed by atoms with Crippen LogP contribution in [0, 0.1) is 0 Å². The summed E-state index contributed by atoms with van der Waals surface area (Å²) in [6.45, 7) is -0.538. The van der Waals surface area contributed by atoms with E-state index in [9.17, 15) is 9.59 Å². The minimum Gasteiger partial charge on any atom is -0.493 e. The molecular weight excluding hydrogens is 598 g/mol. The Morgan fingerprint density at radius 3 is 2.31 bits per heavy atom. The molecular formula is C34H28ClN3O7. The van der Waals surface area contributed by atoms with Crippen molar-refractivity contribution < 1.29 is 33.0 Å². The van der Waals surface area contributed by atoms with E-state index in [-0.39, 0.29) is 5.56 Å². The number of carbonyl (C=O) groups is 2. The second-order valence-corrected chi connectivity index (χ2v) is 10.5. The number of ether oxygens (including phenoxy) is 4. The van der Waals surface area contributed by atoms with Gasteiger partial charge < -0.3 is 23.4 Å². The standard InChI is InChI=1S/C34H28ClN3O7/c1-41-30-15-21(16-31(42-2)33(30)43-3)26-17-24(23-7-4-5-8-25(23)36-26)34(40)45-19-32(39)38-28(29-9-6-14-44-29)18-27(37-38)20-10-12-22(35)13-11-20/h4-17,28H,18-19H2,1-3H3. The highest BCUT2D eigenvalue weighted by Gasteiger charge is 2.35. The van der Waals surface area contributed by atoms with E-state index in [1.165, 1.54) is 26.3 Å². The highest BCUT2D eigenvalue weighted by atomic mass is 35.5. The number of esters is 1. The van der Waals surface area contributed by atoms with Gasteiger partial charge in [-0.15, -0.1) is 0 Å². The van der Waals surface area contributed by atoms with Crippen molar-refractivity contribution in [3.05, 3.63) is 107 Å². The summed E-state index contributed by atoms with van der Waals surface area (Å²) in [5, 5.41) is 7.06. The zero-order valence-electron chi connectivity index (χ0n) is 24.7. The van der Waals surface area contributed by atoms with Gasteiger partial charge in [0.1, 0.15) is 11.8 Å². The average Bonchev–Trinajstić information content (AvgIpc) is 3.77. The van der Waals surface area contributed by atoms with Gasteiger partial charge in [-0.3, -0.25) is 4.79 Å². The molecule has 0 bridgehead atoms. The Morgan fingerprint density at radius 2 is 1.64 bits per heavy atom. The fourth-order valence-corrected chi connectivity index (χ4v) is 5.38. The highest BCUT2D eigenvalue weighted by molar-refractivity contribution is 6.30. The molecule has 3 heterocycles. The van der Waals surface area contributed by atoms with Gasteiger partial charge in [0.25, 0.3) is 5.91 Å². The van der Waals surface area contributed by atoms with Gasteiger partial charge in [-0.05, 0) is 54.1 Å². The Balaban J connectivity index is 1.29. The highest BCUT2D eigenvalue weighted by Crippen LogP contribution is 2.41. The topological polar surface area (TPSA) is 113 Å². The summed E-state index contributed by atoms with van der Waals surface area (Å²) in [5.41, 5.74) is 3.42. The summed E-state index contributed by atoms with van der Waals surface area (Å²) in [6.07, 6.45) is 1.96. The molecule has 6 rings (SSSR count). The number of furan rings is 1. The molecule has 0 aliphatic carbocycles. The van der Waals surface area contributed by atoms with Crippen LogP contribution >= 0.6 is 11.6 Å². The van der Waals surface area contributed by atoms with E-state index < -0.39 is 24.5 Å². The second-order valence-electron chi connectivity index (χ2n) is 10.1. The number of fused-ring (bicyclic) bond motifs is 1. The van der Waals surface area contributed by atoms with Crippen LogP contribution < -0.4 is 14.2 Å². The maximum absolute atomic E-state index is 13.6. The van der Waals surface area contributed by atoms with E-state index in [1.54, 1.807) is 66.9 Å². The Bertz CT molecular complexity index is 1880. The van der Waals surface area contributed by atoms with Crippen LogP contribution in [0.2, 0.25) is 5.02 Å². The van der Waals surface area contributed by atoms with E-state index in [4.69, 9.17) is 39.9 Å². The van der Waals surface area contributed by atoms with Crippen LogP contribution in [-0.4, -0.2) is 55.5 Å². The van der Waals surface area contributed by atoms with Gasteiger partial charge in [0.2, 0.25) is 5.75 Å². The van der Waals surface area contributed by atoms with Gasteiger partial charge in [0.15, 0.2) is 18.1 Å².